The summed E-state index contributed by atoms with van der Waals surface area (Å²) in [4.78, 5) is 47.8. The van der Waals surface area contributed by atoms with Crippen LogP contribution in [-0.2, 0) is 14.4 Å². The lowest BCUT2D eigenvalue weighted by molar-refractivity contribution is -0.147. The van der Waals surface area contributed by atoms with Crippen LogP contribution in [0.4, 0.5) is 5.69 Å². The minimum atomic E-state index is -1.22. The summed E-state index contributed by atoms with van der Waals surface area (Å²) < 4.78 is 0. The molecule has 1 aromatic rings. The Morgan fingerprint density at radius 3 is 2.44 bits per heavy atom. The summed E-state index contributed by atoms with van der Waals surface area (Å²) >= 11 is 1.28. The second kappa shape index (κ2) is 10.5. The van der Waals surface area contributed by atoms with Gasteiger partial charge in [0.15, 0.2) is 0 Å². The molecule has 1 fully saturated rings. The average molecular weight is 494 g/mol. The first-order chi connectivity index (χ1) is 16.0. The fourth-order valence-corrected chi connectivity index (χ4v) is 5.73. The van der Waals surface area contributed by atoms with E-state index in [1.807, 2.05) is 0 Å². The highest BCUT2D eigenvalue weighted by Crippen LogP contribution is 2.41. The molecule has 34 heavy (non-hydrogen) atoms. The SMILES string of the molecule is C[C@@H](O)C(C(=O)O)[C@@H]1NC(C(=O)O)=C(S[C@@H]2CNC(C(=O)Nc3cccc(C(=O)O)c3)C2)[C@@H]1C. The van der Waals surface area contributed by atoms with Gasteiger partial charge in [0.25, 0.3) is 0 Å². The summed E-state index contributed by atoms with van der Waals surface area (Å²) in [5.74, 6) is -5.55. The molecule has 1 amide bonds. The van der Waals surface area contributed by atoms with Crippen molar-refractivity contribution in [3.63, 3.8) is 0 Å². The number of carboxylic acid groups (broad SMARTS) is 3. The first-order valence-corrected chi connectivity index (χ1v) is 11.6. The van der Waals surface area contributed by atoms with Crippen LogP contribution in [0.3, 0.4) is 0 Å². The maximum atomic E-state index is 12.7. The molecule has 0 aliphatic carbocycles. The molecule has 0 saturated carbocycles. The molecule has 1 aromatic carbocycles. The van der Waals surface area contributed by atoms with E-state index >= 15 is 0 Å². The van der Waals surface area contributed by atoms with Crippen molar-refractivity contribution in [1.82, 2.24) is 10.6 Å². The zero-order valence-electron chi connectivity index (χ0n) is 18.5. The molecule has 3 rings (SSSR count). The van der Waals surface area contributed by atoms with Crippen molar-refractivity contribution < 1.29 is 39.6 Å². The quantitative estimate of drug-likeness (QED) is 0.258. The number of amides is 1. The number of nitrogens with one attached hydrogen (secondary N) is 3. The molecule has 2 aliphatic heterocycles. The zero-order chi connectivity index (χ0) is 25.2. The van der Waals surface area contributed by atoms with E-state index in [1.165, 1.54) is 36.9 Å². The van der Waals surface area contributed by atoms with Crippen molar-refractivity contribution in [3.05, 3.63) is 40.4 Å². The van der Waals surface area contributed by atoms with Crippen LogP contribution >= 0.6 is 11.8 Å². The first kappa shape index (κ1) is 25.5. The van der Waals surface area contributed by atoms with E-state index in [0.29, 0.717) is 23.6 Å². The third kappa shape index (κ3) is 5.51. The molecular formula is C22H27N3O8S. The van der Waals surface area contributed by atoms with E-state index in [1.54, 1.807) is 13.0 Å². The number of hydrogen-bond donors (Lipinski definition) is 7. The van der Waals surface area contributed by atoms with E-state index in [4.69, 9.17) is 5.11 Å². The van der Waals surface area contributed by atoms with Crippen LogP contribution in [0, 0.1) is 11.8 Å². The van der Waals surface area contributed by atoms with Gasteiger partial charge in [0.05, 0.1) is 17.7 Å². The van der Waals surface area contributed by atoms with Gasteiger partial charge < -0.3 is 36.4 Å². The van der Waals surface area contributed by atoms with Gasteiger partial charge in [-0.1, -0.05) is 13.0 Å². The van der Waals surface area contributed by atoms with Gasteiger partial charge >= 0.3 is 17.9 Å². The second-order valence-electron chi connectivity index (χ2n) is 8.42. The molecule has 0 spiro atoms. The van der Waals surface area contributed by atoms with Crippen LogP contribution in [0.25, 0.3) is 0 Å². The number of carbonyl (C=O) groups is 4. The second-order valence-corrected chi connectivity index (χ2v) is 9.76. The molecule has 184 valence electrons. The molecule has 2 aliphatic rings. The van der Waals surface area contributed by atoms with Crippen LogP contribution in [0.5, 0.6) is 0 Å². The highest BCUT2D eigenvalue weighted by molar-refractivity contribution is 8.03. The van der Waals surface area contributed by atoms with Crippen molar-refractivity contribution in [2.24, 2.45) is 11.8 Å². The van der Waals surface area contributed by atoms with E-state index in [2.05, 4.69) is 16.0 Å². The number of carboxylic acids is 3. The third-order valence-electron chi connectivity index (χ3n) is 5.99. The number of hydrogen-bond acceptors (Lipinski definition) is 8. The van der Waals surface area contributed by atoms with Crippen LogP contribution in [0.1, 0.15) is 30.6 Å². The topological polar surface area (TPSA) is 185 Å². The molecule has 2 unspecified atom stereocenters. The lowest BCUT2D eigenvalue weighted by Gasteiger charge is -2.27. The minimum Gasteiger partial charge on any atom is -0.481 e. The molecule has 7 N–H and O–H groups in total. The van der Waals surface area contributed by atoms with Gasteiger partial charge in [-0.05, 0) is 31.5 Å². The predicted molar refractivity (Wildman–Crippen MR) is 123 cm³/mol. The van der Waals surface area contributed by atoms with Crippen LogP contribution in [-0.4, -0.2) is 74.2 Å². The Labute approximate surface area is 199 Å². The van der Waals surface area contributed by atoms with Gasteiger partial charge in [0.2, 0.25) is 5.91 Å². The fraction of sp³-hybridized carbons (Fsp3) is 0.455. The third-order valence-corrected chi connectivity index (χ3v) is 7.52. The first-order valence-electron chi connectivity index (χ1n) is 10.7. The summed E-state index contributed by atoms with van der Waals surface area (Å²) in [6.07, 6.45) is -0.792. The lowest BCUT2D eigenvalue weighted by atomic mass is 9.87. The maximum absolute atomic E-state index is 12.7. The molecule has 0 radical (unpaired) electrons. The van der Waals surface area contributed by atoms with Crippen LogP contribution < -0.4 is 16.0 Å². The van der Waals surface area contributed by atoms with Crippen molar-refractivity contribution in [2.75, 3.05) is 11.9 Å². The minimum absolute atomic E-state index is 0.0490. The normalized spacial score (nSPS) is 26.0. The molecule has 1 saturated heterocycles. The van der Waals surface area contributed by atoms with E-state index < -0.39 is 47.9 Å². The maximum Gasteiger partial charge on any atom is 0.352 e. The Bertz CT molecular complexity index is 1030. The van der Waals surface area contributed by atoms with Crippen molar-refractivity contribution >= 4 is 41.3 Å². The Balaban J connectivity index is 1.67. The lowest BCUT2D eigenvalue weighted by Crippen LogP contribution is -2.45. The number of aliphatic hydroxyl groups excluding tert-OH is 1. The molecule has 6 atom stereocenters. The zero-order valence-corrected chi connectivity index (χ0v) is 19.3. The monoisotopic (exact) mass is 493 g/mol. The van der Waals surface area contributed by atoms with Crippen LogP contribution in [0.15, 0.2) is 34.9 Å². The van der Waals surface area contributed by atoms with Crippen molar-refractivity contribution in [2.45, 2.75) is 43.7 Å². The van der Waals surface area contributed by atoms with Gasteiger partial charge in [-0.15, -0.1) is 11.8 Å². The van der Waals surface area contributed by atoms with Crippen LogP contribution in [0.2, 0.25) is 0 Å². The van der Waals surface area contributed by atoms with Gasteiger partial charge in [-0.3, -0.25) is 9.59 Å². The average Bonchev–Trinajstić information content (AvgIpc) is 3.34. The predicted octanol–water partition coefficient (Wildman–Crippen LogP) is 0.773. The number of aromatic carboxylic acids is 1. The van der Waals surface area contributed by atoms with E-state index in [0.717, 1.165) is 0 Å². The Hall–Kier alpha value is -3.09. The van der Waals surface area contributed by atoms with Gasteiger partial charge in [-0.2, -0.15) is 0 Å². The number of carbonyl (C=O) groups excluding carboxylic acids is 1. The Kier molecular flexibility index (Phi) is 7.85. The summed E-state index contributed by atoms with van der Waals surface area (Å²) in [6.45, 7) is 3.50. The van der Waals surface area contributed by atoms with E-state index in [-0.39, 0.29) is 22.4 Å². The molecule has 12 heteroatoms. The van der Waals surface area contributed by atoms with Crippen molar-refractivity contribution in [3.8, 4) is 0 Å². The number of aliphatic carboxylic acids is 2. The molecular weight excluding hydrogens is 466 g/mol. The van der Waals surface area contributed by atoms with Gasteiger partial charge in [0, 0.05) is 34.3 Å². The summed E-state index contributed by atoms with van der Waals surface area (Å²) in [6, 6.07) is 4.54. The number of benzene rings is 1. The molecule has 2 heterocycles. The fourth-order valence-electron chi connectivity index (χ4n) is 4.28. The largest absolute Gasteiger partial charge is 0.481 e. The smallest absolute Gasteiger partial charge is 0.352 e. The van der Waals surface area contributed by atoms with Gasteiger partial charge in [0.1, 0.15) is 11.6 Å². The molecule has 11 nitrogen and oxygen atoms in total. The summed E-state index contributed by atoms with van der Waals surface area (Å²) in [7, 11) is 0. The molecule has 0 aromatic heterocycles. The number of rotatable bonds is 9. The Morgan fingerprint density at radius 2 is 1.85 bits per heavy atom. The highest BCUT2D eigenvalue weighted by atomic mass is 32.2. The highest BCUT2D eigenvalue weighted by Gasteiger charge is 2.45. The standard InChI is InChI=1S/C22H27N3O8S/c1-9-16(15(10(2)26)21(30)31)25-17(22(32)33)18(9)34-13-7-14(23-8-13)19(27)24-12-5-3-4-11(6-12)20(28)29/h3-6,9-10,13-16,23,25-26H,7-8H2,1-2H3,(H,24,27)(H,28,29)(H,30,31)(H,32,33)/t9-,10-,13+,14?,15?,16-/m1/s1. The summed E-state index contributed by atoms with van der Waals surface area (Å²) in [5.41, 5.74) is 0.314. The molecule has 0 bridgehead atoms. The van der Waals surface area contributed by atoms with E-state index in [9.17, 15) is 34.5 Å². The van der Waals surface area contributed by atoms with Crippen molar-refractivity contribution in [1.29, 1.82) is 0 Å². The number of anilines is 1. The Morgan fingerprint density at radius 1 is 1.15 bits per heavy atom. The van der Waals surface area contributed by atoms with Gasteiger partial charge in [-0.25, -0.2) is 9.59 Å². The summed E-state index contributed by atoms with van der Waals surface area (Å²) in [5, 5.41) is 46.6. The number of thioether (sulfide) groups is 1. The number of aliphatic hydroxyl groups is 1.